The summed E-state index contributed by atoms with van der Waals surface area (Å²) in [7, 11) is -4.71. The Morgan fingerprint density at radius 3 is 2.37 bits per heavy atom. The third kappa shape index (κ3) is 3.66. The molecule has 0 unspecified atom stereocenters. The van der Waals surface area contributed by atoms with Gasteiger partial charge in [0.05, 0.1) is 10.5 Å². The molecule has 0 fully saturated rings. The number of benzene rings is 1. The van der Waals surface area contributed by atoms with E-state index in [1.54, 1.807) is 0 Å². The molecule has 0 bridgehead atoms. The van der Waals surface area contributed by atoms with Crippen molar-refractivity contribution < 1.29 is 35.9 Å². The molecule has 0 heterocycles. The van der Waals surface area contributed by atoms with Gasteiger partial charge in [0.15, 0.2) is 9.84 Å². The molecule has 1 aromatic rings. The van der Waals surface area contributed by atoms with Crippen molar-refractivity contribution in [2.75, 3.05) is 5.75 Å². The number of carbonyl (C=O) groups is 1. The quantitative estimate of drug-likeness (QED) is 0.845. The summed E-state index contributed by atoms with van der Waals surface area (Å²) in [6.45, 7) is 0. The molecule has 1 aromatic carbocycles. The summed E-state index contributed by atoms with van der Waals surface area (Å²) in [5, 5.41) is 8.63. The predicted molar refractivity (Wildman–Crippen MR) is 56.4 cm³/mol. The van der Waals surface area contributed by atoms with E-state index in [1.165, 1.54) is 0 Å². The van der Waals surface area contributed by atoms with Crippen molar-refractivity contribution in [3.05, 3.63) is 29.8 Å². The van der Waals surface area contributed by atoms with Crippen LogP contribution in [-0.4, -0.2) is 37.6 Å². The first kappa shape index (κ1) is 15.4. The molecule has 0 saturated carbocycles. The van der Waals surface area contributed by atoms with E-state index in [4.69, 9.17) is 5.11 Å². The minimum Gasteiger partial charge on any atom is -0.478 e. The van der Waals surface area contributed by atoms with Gasteiger partial charge < -0.3 is 5.11 Å². The van der Waals surface area contributed by atoms with E-state index < -0.39 is 44.4 Å². The van der Waals surface area contributed by atoms with Gasteiger partial charge in [-0.1, -0.05) is 6.07 Å². The second-order valence-corrected chi connectivity index (χ2v) is 5.64. The van der Waals surface area contributed by atoms with Crippen molar-refractivity contribution in [2.24, 2.45) is 0 Å². The molecule has 0 saturated heterocycles. The third-order valence-electron chi connectivity index (χ3n) is 2.14. The molecule has 4 nitrogen and oxygen atoms in total. The van der Waals surface area contributed by atoms with Crippen molar-refractivity contribution in [1.29, 1.82) is 0 Å². The minimum absolute atomic E-state index is 0.443. The summed E-state index contributed by atoms with van der Waals surface area (Å²) in [4.78, 5) is 9.87. The molecule has 0 amide bonds. The third-order valence-corrected chi connectivity index (χ3v) is 3.88. The molecule has 9 heteroatoms. The van der Waals surface area contributed by atoms with Gasteiger partial charge in [-0.05, 0) is 18.2 Å². The Kier molecular flexibility index (Phi) is 4.18. The van der Waals surface area contributed by atoms with Gasteiger partial charge in [0.1, 0.15) is 5.75 Å². The van der Waals surface area contributed by atoms with E-state index in [2.05, 4.69) is 0 Å². The number of alkyl halides is 4. The highest BCUT2D eigenvalue weighted by Crippen LogP contribution is 2.27. The average Bonchev–Trinajstić information content (AvgIpc) is 2.27. The van der Waals surface area contributed by atoms with Gasteiger partial charge in [-0.25, -0.2) is 22.0 Å². The zero-order valence-corrected chi connectivity index (χ0v) is 10.0. The van der Waals surface area contributed by atoms with Crippen LogP contribution in [0.25, 0.3) is 0 Å². The maximum atomic E-state index is 12.7. The van der Waals surface area contributed by atoms with Crippen LogP contribution >= 0.6 is 0 Å². The molecule has 19 heavy (non-hydrogen) atoms. The molecule has 0 radical (unpaired) electrons. The van der Waals surface area contributed by atoms with E-state index in [9.17, 15) is 30.8 Å². The smallest absolute Gasteiger partial charge is 0.335 e. The van der Waals surface area contributed by atoms with Crippen LogP contribution in [0.3, 0.4) is 0 Å². The number of rotatable bonds is 5. The first-order chi connectivity index (χ1) is 8.56. The molecule has 0 atom stereocenters. The highest BCUT2D eigenvalue weighted by Gasteiger charge is 2.45. The van der Waals surface area contributed by atoms with Crippen LogP contribution < -0.4 is 0 Å². The number of sulfone groups is 1. The molecule has 0 aliphatic carbocycles. The summed E-state index contributed by atoms with van der Waals surface area (Å²) < 4.78 is 72.4. The Labute approximate surface area is 105 Å². The van der Waals surface area contributed by atoms with Crippen LogP contribution in [0, 0.1) is 0 Å². The van der Waals surface area contributed by atoms with Crippen molar-refractivity contribution in [1.82, 2.24) is 0 Å². The maximum absolute atomic E-state index is 12.7. The first-order valence-electron chi connectivity index (χ1n) is 4.78. The number of halogens is 4. The molecular formula is C10H8F4O4S. The van der Waals surface area contributed by atoms with Crippen molar-refractivity contribution >= 4 is 15.8 Å². The zero-order chi connectivity index (χ0) is 14.8. The first-order valence-corrected chi connectivity index (χ1v) is 6.43. The average molecular weight is 300 g/mol. The summed E-state index contributed by atoms with van der Waals surface area (Å²) in [6.07, 6.45) is -4.12. The molecule has 0 aliphatic rings. The molecule has 0 aromatic heterocycles. The number of carboxylic acid groups (broad SMARTS) is 1. The lowest BCUT2D eigenvalue weighted by atomic mass is 10.2. The molecule has 1 rings (SSSR count). The van der Waals surface area contributed by atoms with Gasteiger partial charge in [-0.2, -0.15) is 8.78 Å². The lowest BCUT2D eigenvalue weighted by Crippen LogP contribution is -2.35. The Balaban J connectivity index is 3.14. The van der Waals surface area contributed by atoms with Gasteiger partial charge in [-0.3, -0.25) is 0 Å². The highest BCUT2D eigenvalue weighted by atomic mass is 32.2. The zero-order valence-electron chi connectivity index (χ0n) is 9.19. The number of hydrogen-bond acceptors (Lipinski definition) is 3. The Morgan fingerprint density at radius 1 is 1.32 bits per heavy atom. The fourth-order valence-corrected chi connectivity index (χ4v) is 2.61. The van der Waals surface area contributed by atoms with Gasteiger partial charge >= 0.3 is 18.3 Å². The summed E-state index contributed by atoms with van der Waals surface area (Å²) in [5.74, 6) is -8.24. The summed E-state index contributed by atoms with van der Waals surface area (Å²) in [5.41, 5.74) is -0.443. The van der Waals surface area contributed by atoms with Crippen LogP contribution in [0.4, 0.5) is 17.6 Å². The topological polar surface area (TPSA) is 71.4 Å². The highest BCUT2D eigenvalue weighted by molar-refractivity contribution is 7.91. The second-order valence-electron chi connectivity index (χ2n) is 3.65. The molecule has 0 spiro atoms. The lowest BCUT2D eigenvalue weighted by molar-refractivity contribution is -0.110. The normalized spacial score (nSPS) is 12.7. The van der Waals surface area contributed by atoms with Crippen LogP contribution in [0.2, 0.25) is 0 Å². The Hall–Kier alpha value is -1.64. The lowest BCUT2D eigenvalue weighted by Gasteiger charge is -2.15. The van der Waals surface area contributed by atoms with Crippen LogP contribution in [0.1, 0.15) is 10.4 Å². The van der Waals surface area contributed by atoms with Crippen LogP contribution in [0.15, 0.2) is 29.2 Å². The predicted octanol–water partition coefficient (Wildman–Crippen LogP) is 2.06. The summed E-state index contributed by atoms with van der Waals surface area (Å²) in [6, 6.07) is 3.58. The summed E-state index contributed by atoms with van der Waals surface area (Å²) >= 11 is 0. The Bertz CT molecular complexity index is 583. The fourth-order valence-electron chi connectivity index (χ4n) is 1.22. The van der Waals surface area contributed by atoms with E-state index in [0.717, 1.165) is 18.2 Å². The van der Waals surface area contributed by atoms with E-state index in [-0.39, 0.29) is 0 Å². The Morgan fingerprint density at radius 2 is 1.89 bits per heavy atom. The second kappa shape index (κ2) is 5.16. The number of carboxylic acids is 1. The molecule has 1 N–H and O–H groups in total. The van der Waals surface area contributed by atoms with Gasteiger partial charge in [-0.15, -0.1) is 0 Å². The van der Waals surface area contributed by atoms with Gasteiger partial charge in [0.2, 0.25) is 0 Å². The molecule has 106 valence electrons. The fraction of sp³-hybridized carbons (Fsp3) is 0.300. The SMILES string of the molecule is O=C(O)c1cccc(S(=O)(=O)CC(F)(F)C(F)F)c1. The molecular weight excluding hydrogens is 292 g/mol. The van der Waals surface area contributed by atoms with Crippen molar-refractivity contribution in [2.45, 2.75) is 17.2 Å². The monoisotopic (exact) mass is 300 g/mol. The largest absolute Gasteiger partial charge is 0.478 e. The number of hydrogen-bond donors (Lipinski definition) is 1. The van der Waals surface area contributed by atoms with Crippen molar-refractivity contribution in [3.63, 3.8) is 0 Å². The maximum Gasteiger partial charge on any atom is 0.335 e. The van der Waals surface area contributed by atoms with Crippen LogP contribution in [-0.2, 0) is 9.84 Å². The van der Waals surface area contributed by atoms with Crippen LogP contribution in [0.5, 0.6) is 0 Å². The van der Waals surface area contributed by atoms with Gasteiger partial charge in [0, 0.05) is 0 Å². The van der Waals surface area contributed by atoms with Crippen molar-refractivity contribution in [3.8, 4) is 0 Å². The van der Waals surface area contributed by atoms with Gasteiger partial charge in [0.25, 0.3) is 0 Å². The van der Waals surface area contributed by atoms with E-state index in [0.29, 0.717) is 6.07 Å². The molecule has 0 aliphatic heterocycles. The van der Waals surface area contributed by atoms with E-state index >= 15 is 0 Å². The number of aromatic carboxylic acids is 1. The standard InChI is InChI=1S/C10H8F4O4S/c11-9(12)10(13,14)5-19(17,18)7-3-1-2-6(4-7)8(15)16/h1-4,9H,5H2,(H,15,16). The minimum atomic E-state index is -4.71. The van der Waals surface area contributed by atoms with E-state index in [1.807, 2.05) is 0 Å².